The van der Waals surface area contributed by atoms with Crippen molar-refractivity contribution >= 4 is 5.82 Å². The highest BCUT2D eigenvalue weighted by Crippen LogP contribution is 2.36. The second-order valence-electron chi connectivity index (χ2n) is 5.56. The van der Waals surface area contributed by atoms with Gasteiger partial charge in [0.05, 0.1) is 26.5 Å². The molecule has 0 aliphatic carbocycles. The van der Waals surface area contributed by atoms with Gasteiger partial charge in [-0.25, -0.2) is 4.68 Å². The molecule has 24 heavy (non-hydrogen) atoms. The van der Waals surface area contributed by atoms with Crippen molar-refractivity contribution in [3.63, 3.8) is 0 Å². The lowest BCUT2D eigenvalue weighted by Gasteiger charge is -2.10. The number of aryl methyl sites for hydroxylation is 1. The molecule has 0 radical (unpaired) electrons. The van der Waals surface area contributed by atoms with Gasteiger partial charge >= 0.3 is 0 Å². The molecule has 5 heteroatoms. The zero-order valence-corrected chi connectivity index (χ0v) is 14.1. The summed E-state index contributed by atoms with van der Waals surface area (Å²) in [5, 5.41) is 4.60. The number of ether oxygens (including phenoxy) is 2. The third kappa shape index (κ3) is 2.93. The van der Waals surface area contributed by atoms with Crippen molar-refractivity contribution in [3.8, 4) is 22.6 Å². The molecule has 5 nitrogen and oxygen atoms in total. The van der Waals surface area contributed by atoms with Crippen molar-refractivity contribution in [2.45, 2.75) is 13.5 Å². The minimum Gasteiger partial charge on any atom is -0.493 e. The van der Waals surface area contributed by atoms with Gasteiger partial charge in [0.2, 0.25) is 0 Å². The molecule has 0 saturated carbocycles. The number of nitrogen functional groups attached to an aromatic ring is 1. The van der Waals surface area contributed by atoms with E-state index in [0.717, 1.165) is 22.4 Å². The Morgan fingerprint density at radius 2 is 1.71 bits per heavy atom. The predicted molar refractivity (Wildman–Crippen MR) is 95.5 cm³/mol. The molecular formula is C19H21N3O2. The smallest absolute Gasteiger partial charge is 0.161 e. The number of nitrogens with zero attached hydrogens (tertiary/aromatic N) is 2. The van der Waals surface area contributed by atoms with E-state index in [9.17, 15) is 0 Å². The zero-order chi connectivity index (χ0) is 17.1. The number of hydrogen-bond acceptors (Lipinski definition) is 4. The van der Waals surface area contributed by atoms with E-state index < -0.39 is 0 Å². The molecule has 0 aliphatic rings. The second kappa shape index (κ2) is 6.66. The van der Waals surface area contributed by atoms with Gasteiger partial charge in [-0.3, -0.25) is 0 Å². The lowest BCUT2D eigenvalue weighted by molar-refractivity contribution is 0.355. The molecule has 0 aliphatic heterocycles. The molecule has 2 N–H and O–H groups in total. The molecule has 1 heterocycles. The van der Waals surface area contributed by atoms with Crippen molar-refractivity contribution < 1.29 is 9.47 Å². The number of benzene rings is 2. The van der Waals surface area contributed by atoms with Crippen molar-refractivity contribution in [2.24, 2.45) is 0 Å². The van der Waals surface area contributed by atoms with Gasteiger partial charge in [-0.2, -0.15) is 5.10 Å². The van der Waals surface area contributed by atoms with Gasteiger partial charge in [-0.15, -0.1) is 0 Å². The summed E-state index contributed by atoms with van der Waals surface area (Å²) in [4.78, 5) is 0. The van der Waals surface area contributed by atoms with E-state index in [0.29, 0.717) is 23.9 Å². The maximum absolute atomic E-state index is 6.37. The predicted octanol–water partition coefficient (Wildman–Crippen LogP) is 3.51. The van der Waals surface area contributed by atoms with Crippen molar-refractivity contribution in [2.75, 3.05) is 20.0 Å². The maximum atomic E-state index is 6.37. The molecule has 124 valence electrons. The van der Waals surface area contributed by atoms with E-state index in [1.807, 2.05) is 48.0 Å². The van der Waals surface area contributed by atoms with Gasteiger partial charge < -0.3 is 15.2 Å². The maximum Gasteiger partial charge on any atom is 0.161 e. The first kappa shape index (κ1) is 15.9. The Labute approximate surface area is 141 Å². The largest absolute Gasteiger partial charge is 0.493 e. The lowest BCUT2D eigenvalue weighted by Crippen LogP contribution is -2.06. The molecule has 3 rings (SSSR count). The molecule has 0 fully saturated rings. The van der Waals surface area contributed by atoms with Crippen molar-refractivity contribution in [3.05, 3.63) is 59.8 Å². The average molecular weight is 323 g/mol. The quantitative estimate of drug-likeness (QED) is 0.780. The van der Waals surface area contributed by atoms with Crippen LogP contribution in [0.2, 0.25) is 0 Å². The molecular weight excluding hydrogens is 302 g/mol. The Hall–Kier alpha value is -2.95. The fourth-order valence-electron chi connectivity index (χ4n) is 2.82. The van der Waals surface area contributed by atoms with Gasteiger partial charge in [-0.05, 0) is 30.2 Å². The summed E-state index contributed by atoms with van der Waals surface area (Å²) in [6.45, 7) is 2.60. The van der Waals surface area contributed by atoms with Crippen LogP contribution in [0.3, 0.4) is 0 Å². The Morgan fingerprint density at radius 1 is 1.00 bits per heavy atom. The fraction of sp³-hybridized carbons (Fsp3) is 0.211. The summed E-state index contributed by atoms with van der Waals surface area (Å²) in [6.07, 6.45) is 0. The molecule has 0 spiro atoms. The Kier molecular flexibility index (Phi) is 4.42. The number of hydrogen-bond donors (Lipinski definition) is 1. The molecule has 1 aromatic heterocycles. The van der Waals surface area contributed by atoms with Crippen LogP contribution in [-0.2, 0) is 6.54 Å². The molecule has 0 bridgehead atoms. The van der Waals surface area contributed by atoms with E-state index >= 15 is 0 Å². The highest BCUT2D eigenvalue weighted by Gasteiger charge is 2.16. The van der Waals surface area contributed by atoms with E-state index in [-0.39, 0.29) is 0 Å². The number of methoxy groups -OCH3 is 2. The molecule has 2 aromatic carbocycles. The zero-order valence-electron chi connectivity index (χ0n) is 14.1. The first-order valence-corrected chi connectivity index (χ1v) is 7.73. The standard InChI is InChI=1S/C19H21N3O2/c1-13-18(15-9-10-16(23-2)17(11-15)24-3)19(20)22(21-13)12-14-7-5-4-6-8-14/h4-11H,12,20H2,1-3H3. The minimum absolute atomic E-state index is 0.640. The molecule has 0 unspecified atom stereocenters. The Balaban J connectivity index is 2.00. The van der Waals surface area contributed by atoms with Crippen LogP contribution in [0.4, 0.5) is 5.82 Å². The van der Waals surface area contributed by atoms with Crippen LogP contribution in [0.15, 0.2) is 48.5 Å². The van der Waals surface area contributed by atoms with Crippen LogP contribution in [0.5, 0.6) is 11.5 Å². The lowest BCUT2D eigenvalue weighted by atomic mass is 10.1. The minimum atomic E-state index is 0.640. The summed E-state index contributed by atoms with van der Waals surface area (Å²) >= 11 is 0. The summed E-state index contributed by atoms with van der Waals surface area (Å²) in [7, 11) is 3.24. The van der Waals surface area contributed by atoms with Crippen LogP contribution in [0.1, 0.15) is 11.3 Å². The van der Waals surface area contributed by atoms with E-state index in [1.165, 1.54) is 0 Å². The normalized spacial score (nSPS) is 10.6. The Morgan fingerprint density at radius 3 is 2.38 bits per heavy atom. The Bertz CT molecular complexity index is 841. The van der Waals surface area contributed by atoms with E-state index in [1.54, 1.807) is 14.2 Å². The molecule has 0 saturated heterocycles. The summed E-state index contributed by atoms with van der Waals surface area (Å²) < 4.78 is 12.5. The molecule has 3 aromatic rings. The van der Waals surface area contributed by atoms with Gasteiger partial charge in [0, 0.05) is 5.56 Å². The fourth-order valence-corrected chi connectivity index (χ4v) is 2.82. The second-order valence-corrected chi connectivity index (χ2v) is 5.56. The van der Waals surface area contributed by atoms with Crippen LogP contribution >= 0.6 is 0 Å². The summed E-state index contributed by atoms with van der Waals surface area (Å²) in [5.74, 6) is 2.00. The van der Waals surface area contributed by atoms with Crippen molar-refractivity contribution in [1.29, 1.82) is 0 Å². The highest BCUT2D eigenvalue weighted by molar-refractivity contribution is 5.78. The first-order valence-electron chi connectivity index (χ1n) is 7.73. The topological polar surface area (TPSA) is 62.3 Å². The van der Waals surface area contributed by atoms with Gasteiger partial charge in [0.25, 0.3) is 0 Å². The highest BCUT2D eigenvalue weighted by atomic mass is 16.5. The van der Waals surface area contributed by atoms with Gasteiger partial charge in [0.15, 0.2) is 11.5 Å². The number of nitrogens with two attached hydrogens (primary N) is 1. The molecule has 0 amide bonds. The third-order valence-corrected chi connectivity index (χ3v) is 4.01. The average Bonchev–Trinajstić information content (AvgIpc) is 2.89. The number of aromatic nitrogens is 2. The summed E-state index contributed by atoms with van der Waals surface area (Å²) in [6, 6.07) is 15.9. The third-order valence-electron chi connectivity index (χ3n) is 4.01. The van der Waals surface area contributed by atoms with Gasteiger partial charge in [0.1, 0.15) is 5.82 Å². The van der Waals surface area contributed by atoms with Crippen LogP contribution in [0, 0.1) is 6.92 Å². The van der Waals surface area contributed by atoms with E-state index in [4.69, 9.17) is 15.2 Å². The SMILES string of the molecule is COc1ccc(-c2c(C)nn(Cc3ccccc3)c2N)cc1OC. The number of rotatable bonds is 5. The number of anilines is 1. The molecule has 0 atom stereocenters. The van der Waals surface area contributed by atoms with Crippen LogP contribution in [0.25, 0.3) is 11.1 Å². The van der Waals surface area contributed by atoms with Crippen LogP contribution < -0.4 is 15.2 Å². The first-order chi connectivity index (χ1) is 11.6. The monoisotopic (exact) mass is 323 g/mol. The van der Waals surface area contributed by atoms with Crippen LogP contribution in [-0.4, -0.2) is 24.0 Å². The van der Waals surface area contributed by atoms with Gasteiger partial charge in [-0.1, -0.05) is 36.4 Å². The summed E-state index contributed by atoms with van der Waals surface area (Å²) in [5.41, 5.74) is 10.3. The van der Waals surface area contributed by atoms with E-state index in [2.05, 4.69) is 17.2 Å². The van der Waals surface area contributed by atoms with Crippen molar-refractivity contribution in [1.82, 2.24) is 9.78 Å².